The van der Waals surface area contributed by atoms with Gasteiger partial charge in [0.25, 0.3) is 0 Å². The molecule has 5 rings (SSSR count). The highest BCUT2D eigenvalue weighted by Gasteiger charge is 2.51. The fourth-order valence-corrected chi connectivity index (χ4v) is 5.05. The van der Waals surface area contributed by atoms with Gasteiger partial charge in [-0.25, -0.2) is 13.6 Å². The number of carbonyl (C=O) groups is 1. The van der Waals surface area contributed by atoms with Gasteiger partial charge >= 0.3 is 5.97 Å². The molecule has 2 aromatic rings. The Bertz CT molecular complexity index is 1130. The molecule has 166 valence electrons. The summed E-state index contributed by atoms with van der Waals surface area (Å²) in [6.45, 7) is 3.33. The molecule has 3 fully saturated rings. The fraction of sp³-hybridized carbons (Fsp3) is 0.545. The van der Waals surface area contributed by atoms with E-state index < -0.39 is 28.6 Å². The molecule has 7 nitrogen and oxygen atoms in total. The first-order valence-electron chi connectivity index (χ1n) is 10.7. The molecule has 0 radical (unpaired) electrons. The summed E-state index contributed by atoms with van der Waals surface area (Å²) in [5, 5.41) is -0.152. The van der Waals surface area contributed by atoms with Crippen molar-refractivity contribution in [2.75, 3.05) is 37.7 Å². The van der Waals surface area contributed by atoms with Crippen LogP contribution < -0.4 is 16.1 Å². The third kappa shape index (κ3) is 3.05. The van der Waals surface area contributed by atoms with E-state index in [1.165, 1.54) is 6.20 Å². The number of hydrogen-bond donors (Lipinski definition) is 1. The predicted molar refractivity (Wildman–Crippen MR) is 110 cm³/mol. The van der Waals surface area contributed by atoms with Crippen molar-refractivity contribution in [1.29, 1.82) is 0 Å². The molecule has 2 atom stereocenters. The van der Waals surface area contributed by atoms with Crippen LogP contribution in [0.5, 0.6) is 0 Å². The second kappa shape index (κ2) is 7.27. The van der Waals surface area contributed by atoms with Crippen LogP contribution in [0.1, 0.15) is 42.6 Å². The average molecular weight is 433 g/mol. The van der Waals surface area contributed by atoms with Gasteiger partial charge < -0.3 is 24.7 Å². The zero-order valence-corrected chi connectivity index (χ0v) is 17.3. The van der Waals surface area contributed by atoms with Gasteiger partial charge in [0, 0.05) is 44.4 Å². The van der Waals surface area contributed by atoms with E-state index in [1.54, 1.807) is 16.4 Å². The van der Waals surface area contributed by atoms with Gasteiger partial charge in [0.15, 0.2) is 5.82 Å². The molecule has 1 aliphatic carbocycles. The predicted octanol–water partition coefficient (Wildman–Crippen LogP) is 2.35. The fourth-order valence-electron chi connectivity index (χ4n) is 5.05. The van der Waals surface area contributed by atoms with Gasteiger partial charge in [-0.2, -0.15) is 0 Å². The summed E-state index contributed by atoms with van der Waals surface area (Å²) < 4.78 is 43.5. The Balaban J connectivity index is 1.67. The molecule has 0 bridgehead atoms. The third-order valence-electron chi connectivity index (χ3n) is 6.78. The largest absolute Gasteiger partial charge is 0.462 e. The lowest BCUT2D eigenvalue weighted by molar-refractivity contribution is 0.0126. The van der Waals surface area contributed by atoms with Crippen LogP contribution in [0.15, 0.2) is 17.1 Å². The standard InChI is InChI=1S/C22H25F2N3O4/c1-2-30-21(29)15-9-27(13-3-4-13)18-14(20(15)28)7-16(23)19(17(18)24)26-8-12-5-6-31-22(12,10-25)11-26/h7,9,12-13H,2-6,8,10-11,25H2,1H3. The van der Waals surface area contributed by atoms with E-state index in [-0.39, 0.29) is 47.3 Å². The van der Waals surface area contributed by atoms with E-state index >= 15 is 8.78 Å². The number of nitrogens with two attached hydrogens (primary N) is 1. The topological polar surface area (TPSA) is 86.8 Å². The molecule has 2 saturated heterocycles. The van der Waals surface area contributed by atoms with Crippen LogP contribution in [0, 0.1) is 17.6 Å². The van der Waals surface area contributed by atoms with Crippen molar-refractivity contribution < 1.29 is 23.0 Å². The van der Waals surface area contributed by atoms with Gasteiger partial charge in [-0.1, -0.05) is 0 Å². The Morgan fingerprint density at radius 2 is 2.13 bits per heavy atom. The van der Waals surface area contributed by atoms with Gasteiger partial charge in [-0.05, 0) is 32.3 Å². The summed E-state index contributed by atoms with van der Waals surface area (Å²) in [4.78, 5) is 26.9. The minimum Gasteiger partial charge on any atom is -0.462 e. The Kier molecular flexibility index (Phi) is 4.78. The molecule has 2 unspecified atom stereocenters. The van der Waals surface area contributed by atoms with E-state index in [1.807, 2.05) is 0 Å². The number of carbonyl (C=O) groups excluding carboxylic acids is 1. The van der Waals surface area contributed by atoms with Crippen molar-refractivity contribution in [3.63, 3.8) is 0 Å². The maximum atomic E-state index is 15.9. The molecule has 1 saturated carbocycles. The van der Waals surface area contributed by atoms with Crippen molar-refractivity contribution in [3.05, 3.63) is 39.7 Å². The number of nitrogens with zero attached hydrogens (tertiary/aromatic N) is 2. The average Bonchev–Trinajstić information content (AvgIpc) is 3.41. The summed E-state index contributed by atoms with van der Waals surface area (Å²) in [6.07, 6.45) is 3.74. The molecule has 2 aliphatic heterocycles. The van der Waals surface area contributed by atoms with Crippen LogP contribution in [-0.4, -0.2) is 49.0 Å². The van der Waals surface area contributed by atoms with Crippen LogP contribution in [0.25, 0.3) is 10.9 Å². The minimum atomic E-state index is -0.836. The first kappa shape index (κ1) is 20.4. The molecule has 3 aliphatic rings. The van der Waals surface area contributed by atoms with Crippen LogP contribution in [0.3, 0.4) is 0 Å². The molecule has 1 aromatic carbocycles. The zero-order chi connectivity index (χ0) is 21.9. The van der Waals surface area contributed by atoms with Gasteiger partial charge in [0.1, 0.15) is 22.7 Å². The third-order valence-corrected chi connectivity index (χ3v) is 6.78. The van der Waals surface area contributed by atoms with Crippen LogP contribution in [0.2, 0.25) is 0 Å². The summed E-state index contributed by atoms with van der Waals surface area (Å²) in [5.41, 5.74) is 4.27. The van der Waals surface area contributed by atoms with Gasteiger partial charge in [-0.3, -0.25) is 4.79 Å². The normalized spacial score (nSPS) is 25.3. The molecule has 31 heavy (non-hydrogen) atoms. The number of ether oxygens (including phenoxy) is 2. The van der Waals surface area contributed by atoms with Crippen LogP contribution >= 0.6 is 0 Å². The van der Waals surface area contributed by atoms with Crippen LogP contribution in [0.4, 0.5) is 14.5 Å². The zero-order valence-electron chi connectivity index (χ0n) is 17.3. The lowest BCUT2D eigenvalue weighted by atomic mass is 9.91. The molecular formula is C22H25F2N3O4. The van der Waals surface area contributed by atoms with E-state index in [0.717, 1.165) is 25.3 Å². The molecule has 9 heteroatoms. The number of pyridine rings is 1. The Labute approximate surface area is 177 Å². The highest BCUT2D eigenvalue weighted by molar-refractivity contribution is 5.95. The Hall–Kier alpha value is -2.52. The first-order chi connectivity index (χ1) is 14.9. The number of anilines is 1. The number of esters is 1. The molecule has 1 aromatic heterocycles. The lowest BCUT2D eigenvalue weighted by Gasteiger charge is -2.27. The smallest absolute Gasteiger partial charge is 0.343 e. The van der Waals surface area contributed by atoms with Gasteiger partial charge in [0.05, 0.1) is 17.5 Å². The van der Waals surface area contributed by atoms with Gasteiger partial charge in [0.2, 0.25) is 5.43 Å². The van der Waals surface area contributed by atoms with Crippen LogP contribution in [-0.2, 0) is 9.47 Å². The van der Waals surface area contributed by atoms with E-state index in [4.69, 9.17) is 15.2 Å². The Morgan fingerprint density at radius 1 is 1.35 bits per heavy atom. The number of halogens is 2. The van der Waals surface area contributed by atoms with Crippen molar-refractivity contribution in [2.45, 2.75) is 37.8 Å². The number of fused-ring (bicyclic) bond motifs is 2. The van der Waals surface area contributed by atoms with Gasteiger partial charge in [-0.15, -0.1) is 0 Å². The summed E-state index contributed by atoms with van der Waals surface area (Å²) in [7, 11) is 0. The molecule has 3 heterocycles. The Morgan fingerprint density at radius 3 is 2.77 bits per heavy atom. The highest BCUT2D eigenvalue weighted by Crippen LogP contribution is 2.44. The number of benzene rings is 1. The number of rotatable bonds is 5. The molecule has 0 amide bonds. The van der Waals surface area contributed by atoms with Crippen molar-refractivity contribution >= 4 is 22.6 Å². The quantitative estimate of drug-likeness (QED) is 0.729. The highest BCUT2D eigenvalue weighted by atomic mass is 19.1. The first-order valence-corrected chi connectivity index (χ1v) is 10.7. The summed E-state index contributed by atoms with van der Waals surface area (Å²) in [6, 6.07) is 1.00. The second-order valence-electron chi connectivity index (χ2n) is 8.63. The van der Waals surface area contributed by atoms with E-state index in [0.29, 0.717) is 19.7 Å². The number of hydrogen-bond acceptors (Lipinski definition) is 6. The minimum absolute atomic E-state index is 0.0247. The van der Waals surface area contributed by atoms with E-state index in [2.05, 4.69) is 0 Å². The lowest BCUT2D eigenvalue weighted by Crippen LogP contribution is -2.44. The molecular weight excluding hydrogens is 408 g/mol. The maximum absolute atomic E-state index is 15.9. The maximum Gasteiger partial charge on any atom is 0.343 e. The monoisotopic (exact) mass is 433 g/mol. The van der Waals surface area contributed by atoms with Crippen molar-refractivity contribution in [3.8, 4) is 0 Å². The summed E-state index contributed by atoms with van der Waals surface area (Å²) >= 11 is 0. The summed E-state index contributed by atoms with van der Waals surface area (Å²) in [5.74, 6) is -2.31. The second-order valence-corrected chi connectivity index (χ2v) is 8.63. The van der Waals surface area contributed by atoms with Crippen molar-refractivity contribution in [1.82, 2.24) is 4.57 Å². The molecule has 2 N–H and O–H groups in total. The van der Waals surface area contributed by atoms with Crippen molar-refractivity contribution in [2.24, 2.45) is 11.7 Å². The number of aromatic nitrogens is 1. The van der Waals surface area contributed by atoms with E-state index in [9.17, 15) is 9.59 Å². The SMILES string of the molecule is CCOC(=O)c1cn(C2CC2)c2c(F)c(N3CC4CCOC4(CN)C3)c(F)cc2c1=O. The molecule has 0 spiro atoms.